The van der Waals surface area contributed by atoms with E-state index in [2.05, 4.69) is 39.2 Å². The molecular weight excluding hydrogens is 388 g/mol. The van der Waals surface area contributed by atoms with E-state index in [-0.39, 0.29) is 11.9 Å². The second kappa shape index (κ2) is 8.90. The molecule has 1 aliphatic heterocycles. The van der Waals surface area contributed by atoms with Crippen LogP contribution >= 0.6 is 22.7 Å². The SMILES string of the molecule is COc1ccccc1CCNC(=O)CN1CCc2sccc2[C@@H]1c1cccs1. The van der Waals surface area contributed by atoms with Gasteiger partial charge in [0.25, 0.3) is 0 Å². The maximum absolute atomic E-state index is 12.6. The van der Waals surface area contributed by atoms with E-state index in [9.17, 15) is 4.79 Å². The molecule has 3 heterocycles. The molecule has 4 rings (SSSR count). The van der Waals surface area contributed by atoms with Crippen LogP contribution in [-0.2, 0) is 17.6 Å². The van der Waals surface area contributed by atoms with Gasteiger partial charge in [-0.05, 0) is 52.9 Å². The minimum atomic E-state index is 0.0788. The Kier molecular flexibility index (Phi) is 6.10. The van der Waals surface area contributed by atoms with Crippen molar-refractivity contribution >= 4 is 28.6 Å². The fraction of sp³-hybridized carbons (Fsp3) is 0.318. The standard InChI is InChI=1S/C22H24N2O2S2/c1-26-18-6-3-2-5-16(18)8-11-23-21(25)15-24-12-9-19-17(10-14-28-19)22(24)20-7-4-13-27-20/h2-7,10,13-14,22H,8-9,11-12,15H2,1H3,(H,23,25)/t22-/m1/s1. The third kappa shape index (κ3) is 4.14. The molecule has 4 nitrogen and oxygen atoms in total. The number of methoxy groups -OCH3 is 1. The highest BCUT2D eigenvalue weighted by molar-refractivity contribution is 7.10. The Morgan fingerprint density at radius 3 is 2.89 bits per heavy atom. The summed E-state index contributed by atoms with van der Waals surface area (Å²) >= 11 is 3.59. The normalized spacial score (nSPS) is 16.5. The molecule has 1 N–H and O–H groups in total. The van der Waals surface area contributed by atoms with E-state index in [0.717, 1.165) is 30.7 Å². The van der Waals surface area contributed by atoms with Crippen molar-refractivity contribution in [2.75, 3.05) is 26.7 Å². The molecule has 0 saturated carbocycles. The summed E-state index contributed by atoms with van der Waals surface area (Å²) in [6.45, 7) is 1.94. The molecule has 0 spiro atoms. The fourth-order valence-corrected chi connectivity index (χ4v) is 5.59. The Labute approximate surface area is 173 Å². The maximum atomic E-state index is 12.6. The largest absolute Gasteiger partial charge is 0.496 e. The number of ether oxygens (including phenoxy) is 1. The molecule has 0 fully saturated rings. The zero-order valence-electron chi connectivity index (χ0n) is 15.9. The number of thiophene rings is 2. The van der Waals surface area contributed by atoms with Crippen molar-refractivity contribution in [3.05, 3.63) is 74.1 Å². The summed E-state index contributed by atoms with van der Waals surface area (Å²) in [6, 6.07) is 14.6. The van der Waals surface area contributed by atoms with Crippen molar-refractivity contribution in [3.63, 3.8) is 0 Å². The predicted molar refractivity (Wildman–Crippen MR) is 115 cm³/mol. The summed E-state index contributed by atoms with van der Waals surface area (Å²) in [5.41, 5.74) is 2.48. The van der Waals surface area contributed by atoms with Crippen molar-refractivity contribution in [2.45, 2.75) is 18.9 Å². The van der Waals surface area contributed by atoms with E-state index < -0.39 is 0 Å². The van der Waals surface area contributed by atoms with Crippen LogP contribution in [0.15, 0.2) is 53.2 Å². The molecule has 6 heteroatoms. The second-order valence-electron chi connectivity index (χ2n) is 6.85. The summed E-state index contributed by atoms with van der Waals surface area (Å²) < 4.78 is 5.39. The fourth-order valence-electron chi connectivity index (χ4n) is 3.81. The number of benzene rings is 1. The maximum Gasteiger partial charge on any atom is 0.234 e. The molecule has 1 atom stereocenters. The second-order valence-corrected chi connectivity index (χ2v) is 8.83. The Hall–Kier alpha value is -2.15. The molecule has 0 bridgehead atoms. The number of hydrogen-bond acceptors (Lipinski definition) is 5. The lowest BCUT2D eigenvalue weighted by Gasteiger charge is -2.34. The molecule has 0 unspecified atom stereocenters. The van der Waals surface area contributed by atoms with Gasteiger partial charge >= 0.3 is 0 Å². The van der Waals surface area contributed by atoms with Crippen LogP contribution in [-0.4, -0.2) is 37.6 Å². The van der Waals surface area contributed by atoms with Gasteiger partial charge in [0, 0.05) is 22.8 Å². The van der Waals surface area contributed by atoms with Gasteiger partial charge in [-0.1, -0.05) is 24.3 Å². The van der Waals surface area contributed by atoms with Gasteiger partial charge < -0.3 is 10.1 Å². The Morgan fingerprint density at radius 2 is 2.07 bits per heavy atom. The number of nitrogens with one attached hydrogen (secondary N) is 1. The lowest BCUT2D eigenvalue weighted by Crippen LogP contribution is -2.42. The van der Waals surface area contributed by atoms with Gasteiger partial charge in [-0.2, -0.15) is 0 Å². The minimum absolute atomic E-state index is 0.0788. The third-order valence-electron chi connectivity index (χ3n) is 5.13. The van der Waals surface area contributed by atoms with E-state index in [0.29, 0.717) is 13.1 Å². The lowest BCUT2D eigenvalue weighted by molar-refractivity contribution is -0.122. The van der Waals surface area contributed by atoms with Crippen molar-refractivity contribution in [2.24, 2.45) is 0 Å². The van der Waals surface area contributed by atoms with Crippen LogP contribution in [0.1, 0.15) is 26.9 Å². The van der Waals surface area contributed by atoms with Crippen LogP contribution in [0.3, 0.4) is 0 Å². The predicted octanol–water partition coefficient (Wildman–Crippen LogP) is 4.12. The van der Waals surface area contributed by atoms with Gasteiger partial charge in [0.1, 0.15) is 5.75 Å². The molecule has 1 aliphatic rings. The average Bonchev–Trinajstić information content (AvgIpc) is 3.40. The van der Waals surface area contributed by atoms with E-state index >= 15 is 0 Å². The molecular formula is C22H24N2O2S2. The monoisotopic (exact) mass is 412 g/mol. The first-order valence-electron chi connectivity index (χ1n) is 9.48. The number of nitrogens with zero attached hydrogens (tertiary/aromatic N) is 1. The molecule has 0 saturated heterocycles. The van der Waals surface area contributed by atoms with E-state index in [1.54, 1.807) is 18.4 Å². The number of para-hydroxylation sites is 1. The average molecular weight is 413 g/mol. The first-order valence-corrected chi connectivity index (χ1v) is 11.2. The quantitative estimate of drug-likeness (QED) is 0.635. The highest BCUT2D eigenvalue weighted by Gasteiger charge is 2.31. The Morgan fingerprint density at radius 1 is 1.18 bits per heavy atom. The van der Waals surface area contributed by atoms with Crippen LogP contribution < -0.4 is 10.1 Å². The minimum Gasteiger partial charge on any atom is -0.496 e. The van der Waals surface area contributed by atoms with E-state index in [1.807, 2.05) is 35.6 Å². The van der Waals surface area contributed by atoms with Gasteiger partial charge in [0.05, 0.1) is 19.7 Å². The van der Waals surface area contributed by atoms with Gasteiger partial charge in [-0.25, -0.2) is 0 Å². The van der Waals surface area contributed by atoms with Crippen LogP contribution in [0.2, 0.25) is 0 Å². The summed E-state index contributed by atoms with van der Waals surface area (Å²) in [6.07, 6.45) is 1.78. The molecule has 1 aromatic carbocycles. The summed E-state index contributed by atoms with van der Waals surface area (Å²) in [5.74, 6) is 0.950. The molecule has 146 valence electrons. The van der Waals surface area contributed by atoms with Crippen LogP contribution in [0.25, 0.3) is 0 Å². The smallest absolute Gasteiger partial charge is 0.234 e. The molecule has 28 heavy (non-hydrogen) atoms. The summed E-state index contributed by atoms with van der Waals surface area (Å²) in [5, 5.41) is 7.36. The Balaban J connectivity index is 1.38. The zero-order chi connectivity index (χ0) is 19.3. The van der Waals surface area contributed by atoms with Gasteiger partial charge in [-0.3, -0.25) is 9.69 Å². The first-order chi connectivity index (χ1) is 13.8. The highest BCUT2D eigenvalue weighted by atomic mass is 32.1. The molecule has 0 aliphatic carbocycles. The van der Waals surface area contributed by atoms with Crippen molar-refractivity contribution in [1.82, 2.24) is 10.2 Å². The third-order valence-corrected chi connectivity index (χ3v) is 7.06. The van der Waals surface area contributed by atoms with E-state index in [4.69, 9.17) is 4.74 Å². The molecule has 0 radical (unpaired) electrons. The lowest BCUT2D eigenvalue weighted by atomic mass is 9.98. The van der Waals surface area contributed by atoms with Crippen molar-refractivity contribution < 1.29 is 9.53 Å². The Bertz CT molecular complexity index is 920. The van der Waals surface area contributed by atoms with Crippen LogP contribution in [0, 0.1) is 0 Å². The van der Waals surface area contributed by atoms with Gasteiger partial charge in [-0.15, -0.1) is 22.7 Å². The number of fused-ring (bicyclic) bond motifs is 1. The van der Waals surface area contributed by atoms with E-state index in [1.165, 1.54) is 15.3 Å². The summed E-state index contributed by atoms with van der Waals surface area (Å²) in [7, 11) is 1.68. The highest BCUT2D eigenvalue weighted by Crippen LogP contribution is 2.39. The molecule has 3 aromatic rings. The number of amides is 1. The van der Waals surface area contributed by atoms with Gasteiger partial charge in [0.15, 0.2) is 0 Å². The van der Waals surface area contributed by atoms with Crippen molar-refractivity contribution in [3.8, 4) is 5.75 Å². The zero-order valence-corrected chi connectivity index (χ0v) is 17.5. The first kappa shape index (κ1) is 19.2. The van der Waals surface area contributed by atoms with Crippen LogP contribution in [0.4, 0.5) is 0 Å². The van der Waals surface area contributed by atoms with Gasteiger partial charge in [0.2, 0.25) is 5.91 Å². The summed E-state index contributed by atoms with van der Waals surface area (Å²) in [4.78, 5) is 17.7. The number of hydrogen-bond donors (Lipinski definition) is 1. The van der Waals surface area contributed by atoms with Crippen LogP contribution in [0.5, 0.6) is 5.75 Å². The number of rotatable bonds is 7. The molecule has 2 aromatic heterocycles. The van der Waals surface area contributed by atoms with Crippen molar-refractivity contribution in [1.29, 1.82) is 0 Å². The number of carbonyl (C=O) groups is 1. The topological polar surface area (TPSA) is 41.6 Å². The number of carbonyl (C=O) groups excluding carboxylic acids is 1. The molecule has 1 amide bonds.